The van der Waals surface area contributed by atoms with Gasteiger partial charge in [-0.05, 0) is 48.7 Å². The van der Waals surface area contributed by atoms with Crippen LogP contribution in [0.3, 0.4) is 0 Å². The standard InChI is InChI=1S/C37H36N4O7/c1-22-12-25-18-38-30-16-34(32(45-3)14-28(30)36(42)40(25)20-22)47-10-5-11-48-35-17-31-29(15-33(35)46-4)37(43)41-21-24(13-26(41)19-39-31)23-6-8-27(44-2)9-7-23/h6-9,14-21,25-26H,5,10-13H2,1-4H3/t25-,26-/m0/s1. The highest BCUT2D eigenvalue weighted by Crippen LogP contribution is 2.41. The molecule has 4 aliphatic heterocycles. The number of rotatable bonds is 10. The SMILES string of the molecule is COc1ccc(C2=CN3C(=O)c4cc(OC)c(OCCCOc5cc6c(cc5OC)C(=O)N5C=C(C)C[C@H]5C=N6)cc4N=C[C@@H]3C2)cc1. The Hall–Kier alpha value is -5.58. The monoisotopic (exact) mass is 648 g/mol. The van der Waals surface area contributed by atoms with Gasteiger partial charge < -0.3 is 33.5 Å². The first-order chi connectivity index (χ1) is 23.4. The van der Waals surface area contributed by atoms with E-state index in [-0.39, 0.29) is 23.9 Å². The maximum absolute atomic E-state index is 13.7. The molecular formula is C37H36N4O7. The normalized spacial score (nSPS) is 19.0. The Balaban J connectivity index is 1.00. The molecular weight excluding hydrogens is 612 g/mol. The van der Waals surface area contributed by atoms with Crippen molar-refractivity contribution in [2.45, 2.75) is 38.3 Å². The van der Waals surface area contributed by atoms with E-state index in [4.69, 9.17) is 23.7 Å². The fourth-order valence-electron chi connectivity index (χ4n) is 6.35. The summed E-state index contributed by atoms with van der Waals surface area (Å²) >= 11 is 0. The van der Waals surface area contributed by atoms with Gasteiger partial charge in [0.25, 0.3) is 11.8 Å². The minimum Gasteiger partial charge on any atom is -0.497 e. The van der Waals surface area contributed by atoms with Crippen molar-refractivity contribution in [3.63, 3.8) is 0 Å². The highest BCUT2D eigenvalue weighted by atomic mass is 16.5. The zero-order valence-electron chi connectivity index (χ0n) is 27.3. The van der Waals surface area contributed by atoms with Crippen molar-refractivity contribution in [2.75, 3.05) is 34.5 Å². The average molecular weight is 649 g/mol. The van der Waals surface area contributed by atoms with E-state index in [1.807, 2.05) is 56.0 Å². The summed E-state index contributed by atoms with van der Waals surface area (Å²) < 4.78 is 28.6. The topological polar surface area (TPSA) is 111 Å². The second-order valence-corrected chi connectivity index (χ2v) is 12.0. The van der Waals surface area contributed by atoms with Crippen molar-refractivity contribution in [1.29, 1.82) is 0 Å². The van der Waals surface area contributed by atoms with Gasteiger partial charge in [-0.1, -0.05) is 17.7 Å². The van der Waals surface area contributed by atoms with E-state index in [0.717, 1.165) is 28.9 Å². The number of nitrogens with zero attached hydrogens (tertiary/aromatic N) is 4. The molecule has 2 amide bonds. The van der Waals surface area contributed by atoms with E-state index in [9.17, 15) is 9.59 Å². The maximum atomic E-state index is 13.7. The second kappa shape index (κ2) is 12.9. The molecule has 0 radical (unpaired) electrons. The number of carbonyl (C=O) groups is 2. The van der Waals surface area contributed by atoms with Gasteiger partial charge in [0.15, 0.2) is 23.0 Å². The van der Waals surface area contributed by atoms with Gasteiger partial charge in [0, 0.05) is 49.8 Å². The highest BCUT2D eigenvalue weighted by molar-refractivity contribution is 6.06. The Bertz CT molecular complexity index is 1900. The van der Waals surface area contributed by atoms with Crippen molar-refractivity contribution >= 4 is 41.2 Å². The molecule has 4 heterocycles. The minimum atomic E-state index is -0.193. The molecule has 0 saturated heterocycles. The van der Waals surface area contributed by atoms with Crippen LogP contribution in [-0.2, 0) is 0 Å². The third kappa shape index (κ3) is 5.76. The number of hydrogen-bond acceptors (Lipinski definition) is 9. The molecule has 0 aromatic heterocycles. The number of amides is 2. The number of fused-ring (bicyclic) bond motifs is 4. The quantitative estimate of drug-likeness (QED) is 0.235. The predicted molar refractivity (Wildman–Crippen MR) is 182 cm³/mol. The highest BCUT2D eigenvalue weighted by Gasteiger charge is 2.34. The van der Waals surface area contributed by atoms with Crippen LogP contribution in [0.4, 0.5) is 11.4 Å². The minimum absolute atomic E-state index is 0.0851. The lowest BCUT2D eigenvalue weighted by molar-refractivity contribution is 0.0809. The summed E-state index contributed by atoms with van der Waals surface area (Å²) in [6.07, 6.45) is 9.37. The number of aliphatic imine (C=N–C) groups is 2. The van der Waals surface area contributed by atoms with Crippen molar-refractivity contribution in [1.82, 2.24) is 9.80 Å². The van der Waals surface area contributed by atoms with Crippen LogP contribution in [0.5, 0.6) is 28.7 Å². The van der Waals surface area contributed by atoms with Gasteiger partial charge in [-0.25, -0.2) is 0 Å². The molecule has 0 N–H and O–H groups in total. The van der Waals surface area contributed by atoms with E-state index in [1.165, 1.54) is 0 Å². The molecule has 0 aliphatic carbocycles. The van der Waals surface area contributed by atoms with Crippen LogP contribution in [-0.4, -0.2) is 80.7 Å². The fourth-order valence-corrected chi connectivity index (χ4v) is 6.35. The number of ether oxygens (including phenoxy) is 5. The van der Waals surface area contributed by atoms with Gasteiger partial charge in [0.1, 0.15) is 5.75 Å². The lowest BCUT2D eigenvalue weighted by atomic mass is 10.0. The smallest absolute Gasteiger partial charge is 0.260 e. The van der Waals surface area contributed by atoms with Gasteiger partial charge >= 0.3 is 0 Å². The third-order valence-corrected chi connectivity index (χ3v) is 8.86. The predicted octanol–water partition coefficient (Wildman–Crippen LogP) is 6.37. The first-order valence-corrected chi connectivity index (χ1v) is 15.8. The van der Waals surface area contributed by atoms with Crippen molar-refractivity contribution in [3.05, 3.63) is 83.2 Å². The molecule has 11 heteroatoms. The first kappa shape index (κ1) is 31.0. The van der Waals surface area contributed by atoms with Crippen molar-refractivity contribution in [3.8, 4) is 28.7 Å². The summed E-state index contributed by atoms with van der Waals surface area (Å²) in [5.74, 6) is 2.39. The van der Waals surface area contributed by atoms with Crippen LogP contribution in [0, 0.1) is 0 Å². The third-order valence-electron chi connectivity index (χ3n) is 8.86. The number of hydrogen-bond donors (Lipinski definition) is 0. The maximum Gasteiger partial charge on any atom is 0.260 e. The summed E-state index contributed by atoms with van der Waals surface area (Å²) in [4.78, 5) is 39.7. The number of methoxy groups -OCH3 is 3. The largest absolute Gasteiger partial charge is 0.497 e. The molecule has 246 valence electrons. The molecule has 0 saturated carbocycles. The van der Waals surface area contributed by atoms with Gasteiger partial charge in [-0.15, -0.1) is 0 Å². The Morgan fingerprint density at radius 1 is 0.688 bits per heavy atom. The van der Waals surface area contributed by atoms with Gasteiger partial charge in [-0.3, -0.25) is 19.6 Å². The van der Waals surface area contributed by atoms with Crippen LogP contribution in [0.2, 0.25) is 0 Å². The summed E-state index contributed by atoms with van der Waals surface area (Å²) in [6, 6.07) is 14.4. The van der Waals surface area contributed by atoms with Crippen LogP contribution < -0.4 is 23.7 Å². The molecule has 3 aromatic rings. The Morgan fingerprint density at radius 3 is 1.77 bits per heavy atom. The summed E-state index contributed by atoms with van der Waals surface area (Å²) in [5.41, 5.74) is 5.21. The molecule has 4 aliphatic rings. The second-order valence-electron chi connectivity index (χ2n) is 12.0. The van der Waals surface area contributed by atoms with Crippen LogP contribution in [0.1, 0.15) is 52.5 Å². The first-order valence-electron chi connectivity index (χ1n) is 15.8. The van der Waals surface area contributed by atoms with Crippen molar-refractivity contribution < 1.29 is 33.3 Å². The van der Waals surface area contributed by atoms with Crippen LogP contribution in [0.25, 0.3) is 5.57 Å². The van der Waals surface area contributed by atoms with Crippen LogP contribution >= 0.6 is 0 Å². The van der Waals surface area contributed by atoms with Crippen molar-refractivity contribution in [2.24, 2.45) is 9.98 Å². The van der Waals surface area contributed by atoms with Gasteiger partial charge in [0.05, 0.1) is 69.1 Å². The van der Waals surface area contributed by atoms with E-state index in [2.05, 4.69) is 9.98 Å². The Morgan fingerprint density at radius 2 is 1.23 bits per heavy atom. The van der Waals surface area contributed by atoms with Gasteiger partial charge in [0.2, 0.25) is 0 Å². The summed E-state index contributed by atoms with van der Waals surface area (Å²) in [7, 11) is 4.72. The van der Waals surface area contributed by atoms with E-state index < -0.39 is 0 Å². The lowest BCUT2D eigenvalue weighted by Gasteiger charge is -2.19. The van der Waals surface area contributed by atoms with Crippen LogP contribution in [0.15, 0.2) is 76.5 Å². The molecule has 2 atom stereocenters. The molecule has 3 aromatic carbocycles. The Labute approximate surface area is 278 Å². The number of benzene rings is 3. The van der Waals surface area contributed by atoms with Gasteiger partial charge in [-0.2, -0.15) is 0 Å². The molecule has 0 spiro atoms. The fraction of sp³-hybridized carbons (Fsp3) is 0.297. The van der Waals surface area contributed by atoms with E-state index in [1.54, 1.807) is 55.4 Å². The average Bonchev–Trinajstić information content (AvgIpc) is 3.65. The zero-order valence-corrected chi connectivity index (χ0v) is 27.3. The summed E-state index contributed by atoms with van der Waals surface area (Å²) in [5, 5.41) is 0. The molecule has 0 bridgehead atoms. The number of carbonyl (C=O) groups excluding carboxylic acids is 2. The molecule has 48 heavy (non-hydrogen) atoms. The zero-order chi connectivity index (χ0) is 33.4. The van der Waals surface area contributed by atoms with E-state index >= 15 is 0 Å². The van der Waals surface area contributed by atoms with E-state index in [0.29, 0.717) is 71.6 Å². The molecule has 7 rings (SSSR count). The molecule has 0 fully saturated rings. The lowest BCUT2D eigenvalue weighted by Crippen LogP contribution is -2.32. The molecule has 11 nitrogen and oxygen atoms in total. The molecule has 0 unspecified atom stereocenters. The summed E-state index contributed by atoms with van der Waals surface area (Å²) in [6.45, 7) is 2.66. The Kier molecular flexibility index (Phi) is 8.34.